The van der Waals surface area contributed by atoms with Crippen LogP contribution in [0.15, 0.2) is 53.6 Å². The molecule has 0 aliphatic heterocycles. The third-order valence-corrected chi connectivity index (χ3v) is 4.79. The Morgan fingerprint density at radius 2 is 1.70 bits per heavy atom. The van der Waals surface area contributed by atoms with Crippen molar-refractivity contribution in [2.24, 2.45) is 5.10 Å². The molecule has 7 heteroatoms. The standard InChI is InChI=1S/C23H29N3O3S/c1-17-5-7-19(8-6-17)15-30-16-22(28)26-24-13-18-9-11-20(12-10-18)29-14-21(27)25-23(2,3)4/h5-13H,14-16H2,1-4H3,(H,25,27)(H,26,28)/b24-13-. The first-order chi connectivity index (χ1) is 14.2. The normalized spacial score (nSPS) is 11.3. The van der Waals surface area contributed by atoms with Crippen molar-refractivity contribution < 1.29 is 14.3 Å². The van der Waals surface area contributed by atoms with Crippen molar-refractivity contribution in [1.29, 1.82) is 0 Å². The molecule has 2 aromatic carbocycles. The van der Waals surface area contributed by atoms with Crippen LogP contribution in [0.25, 0.3) is 0 Å². The SMILES string of the molecule is Cc1ccc(CSCC(=O)N/N=C\c2ccc(OCC(=O)NC(C)(C)C)cc2)cc1. The van der Waals surface area contributed by atoms with E-state index >= 15 is 0 Å². The Bertz CT molecular complexity index is 857. The van der Waals surface area contributed by atoms with E-state index in [-0.39, 0.29) is 24.0 Å². The van der Waals surface area contributed by atoms with Gasteiger partial charge in [-0.1, -0.05) is 29.8 Å². The molecule has 0 unspecified atom stereocenters. The van der Waals surface area contributed by atoms with E-state index < -0.39 is 0 Å². The number of thioether (sulfide) groups is 1. The van der Waals surface area contributed by atoms with Gasteiger partial charge in [0.2, 0.25) is 5.91 Å². The summed E-state index contributed by atoms with van der Waals surface area (Å²) in [5, 5.41) is 6.82. The number of nitrogens with zero attached hydrogens (tertiary/aromatic N) is 1. The molecule has 2 rings (SSSR count). The molecule has 0 spiro atoms. The predicted octanol–water partition coefficient (Wildman–Crippen LogP) is 3.67. The van der Waals surface area contributed by atoms with Crippen LogP contribution in [-0.4, -0.2) is 35.9 Å². The van der Waals surface area contributed by atoms with Crippen LogP contribution in [0.1, 0.15) is 37.5 Å². The average molecular weight is 428 g/mol. The van der Waals surface area contributed by atoms with Crippen LogP contribution in [0, 0.1) is 6.92 Å². The van der Waals surface area contributed by atoms with Crippen molar-refractivity contribution in [1.82, 2.24) is 10.7 Å². The second-order valence-electron chi connectivity index (χ2n) is 7.93. The van der Waals surface area contributed by atoms with Gasteiger partial charge in [-0.2, -0.15) is 5.10 Å². The Morgan fingerprint density at radius 1 is 1.03 bits per heavy atom. The summed E-state index contributed by atoms with van der Waals surface area (Å²) < 4.78 is 5.47. The van der Waals surface area contributed by atoms with Crippen molar-refractivity contribution in [3.05, 3.63) is 65.2 Å². The number of carbonyl (C=O) groups excluding carboxylic acids is 2. The zero-order chi connectivity index (χ0) is 22.0. The number of hydrogen-bond acceptors (Lipinski definition) is 5. The van der Waals surface area contributed by atoms with E-state index in [9.17, 15) is 9.59 Å². The summed E-state index contributed by atoms with van der Waals surface area (Å²) in [6.45, 7) is 7.76. The summed E-state index contributed by atoms with van der Waals surface area (Å²) in [5.41, 5.74) is 5.47. The molecule has 2 amide bonds. The lowest BCUT2D eigenvalue weighted by Crippen LogP contribution is -2.43. The maximum absolute atomic E-state index is 11.9. The highest BCUT2D eigenvalue weighted by Gasteiger charge is 2.13. The largest absolute Gasteiger partial charge is 0.484 e. The number of nitrogens with one attached hydrogen (secondary N) is 2. The summed E-state index contributed by atoms with van der Waals surface area (Å²) in [6, 6.07) is 15.4. The van der Waals surface area contributed by atoms with Crippen molar-refractivity contribution in [3.63, 3.8) is 0 Å². The van der Waals surface area contributed by atoms with Crippen LogP contribution in [0.5, 0.6) is 5.75 Å². The average Bonchev–Trinajstić information content (AvgIpc) is 2.68. The lowest BCUT2D eigenvalue weighted by Gasteiger charge is -2.20. The molecular weight excluding hydrogens is 398 g/mol. The van der Waals surface area contributed by atoms with Crippen LogP contribution in [0.2, 0.25) is 0 Å². The summed E-state index contributed by atoms with van der Waals surface area (Å²) >= 11 is 1.54. The van der Waals surface area contributed by atoms with Crippen LogP contribution in [-0.2, 0) is 15.3 Å². The molecule has 0 saturated carbocycles. The van der Waals surface area contributed by atoms with E-state index in [1.165, 1.54) is 11.1 Å². The van der Waals surface area contributed by atoms with Gasteiger partial charge >= 0.3 is 0 Å². The zero-order valence-electron chi connectivity index (χ0n) is 17.9. The van der Waals surface area contributed by atoms with E-state index in [0.29, 0.717) is 11.5 Å². The fourth-order valence-electron chi connectivity index (χ4n) is 2.41. The molecule has 0 aromatic heterocycles. The summed E-state index contributed by atoms with van der Waals surface area (Å²) in [7, 11) is 0. The van der Waals surface area contributed by atoms with Crippen LogP contribution < -0.4 is 15.5 Å². The van der Waals surface area contributed by atoms with Crippen molar-refractivity contribution in [2.45, 2.75) is 39.0 Å². The number of ether oxygens (including phenoxy) is 1. The van der Waals surface area contributed by atoms with Crippen LogP contribution in [0.4, 0.5) is 0 Å². The second-order valence-corrected chi connectivity index (χ2v) is 8.91. The third kappa shape index (κ3) is 9.60. The smallest absolute Gasteiger partial charge is 0.258 e. The minimum Gasteiger partial charge on any atom is -0.484 e. The Kier molecular flexibility index (Phi) is 8.92. The highest BCUT2D eigenvalue weighted by atomic mass is 32.2. The van der Waals surface area contributed by atoms with E-state index in [2.05, 4.69) is 47.0 Å². The molecule has 2 N–H and O–H groups in total. The van der Waals surface area contributed by atoms with Gasteiger partial charge in [0.15, 0.2) is 6.61 Å². The maximum Gasteiger partial charge on any atom is 0.258 e. The third-order valence-electron chi connectivity index (χ3n) is 3.79. The number of hydrazone groups is 1. The fraction of sp³-hybridized carbons (Fsp3) is 0.348. The molecule has 0 fully saturated rings. The maximum atomic E-state index is 11.9. The number of carbonyl (C=O) groups is 2. The number of rotatable bonds is 9. The quantitative estimate of drug-likeness (QED) is 0.473. The lowest BCUT2D eigenvalue weighted by atomic mass is 10.1. The molecule has 0 aliphatic rings. The van der Waals surface area contributed by atoms with Gasteiger partial charge in [-0.15, -0.1) is 11.8 Å². The zero-order valence-corrected chi connectivity index (χ0v) is 18.7. The van der Waals surface area contributed by atoms with Gasteiger partial charge in [-0.3, -0.25) is 9.59 Å². The van der Waals surface area contributed by atoms with Crippen LogP contribution in [0.3, 0.4) is 0 Å². The molecule has 0 saturated heterocycles. The highest BCUT2D eigenvalue weighted by Crippen LogP contribution is 2.13. The number of aryl methyl sites for hydroxylation is 1. The lowest BCUT2D eigenvalue weighted by molar-refractivity contribution is -0.124. The molecule has 160 valence electrons. The molecule has 2 aromatic rings. The second kappa shape index (κ2) is 11.4. The molecule has 6 nitrogen and oxygen atoms in total. The molecule has 0 heterocycles. The van der Waals surface area contributed by atoms with Gasteiger partial charge in [0.25, 0.3) is 5.91 Å². The van der Waals surface area contributed by atoms with E-state index in [1.54, 1.807) is 42.2 Å². The number of amides is 2. The first-order valence-corrected chi connectivity index (χ1v) is 10.9. The Labute approximate surface area is 182 Å². The monoisotopic (exact) mass is 427 g/mol. The molecule has 30 heavy (non-hydrogen) atoms. The number of benzene rings is 2. The minimum absolute atomic E-state index is 0.0407. The van der Waals surface area contributed by atoms with Crippen molar-refractivity contribution in [2.75, 3.05) is 12.4 Å². The van der Waals surface area contributed by atoms with Crippen LogP contribution >= 0.6 is 11.8 Å². The number of hydrogen-bond donors (Lipinski definition) is 2. The first-order valence-electron chi connectivity index (χ1n) is 9.70. The van der Waals surface area contributed by atoms with E-state index in [1.807, 2.05) is 20.8 Å². The highest BCUT2D eigenvalue weighted by molar-refractivity contribution is 7.99. The molecule has 0 atom stereocenters. The van der Waals surface area contributed by atoms with Crippen molar-refractivity contribution in [3.8, 4) is 5.75 Å². The summed E-state index contributed by atoms with van der Waals surface area (Å²) in [5.74, 6) is 1.40. The van der Waals surface area contributed by atoms with Crippen molar-refractivity contribution >= 4 is 29.8 Å². The van der Waals surface area contributed by atoms with E-state index in [4.69, 9.17) is 4.74 Å². The first kappa shape index (κ1) is 23.5. The molecule has 0 radical (unpaired) electrons. The van der Waals surface area contributed by atoms with Gasteiger partial charge in [0.05, 0.1) is 12.0 Å². The molecule has 0 bridgehead atoms. The van der Waals surface area contributed by atoms with Gasteiger partial charge < -0.3 is 10.1 Å². The minimum atomic E-state index is -0.287. The summed E-state index contributed by atoms with van der Waals surface area (Å²) in [4.78, 5) is 23.7. The molecule has 0 aliphatic carbocycles. The summed E-state index contributed by atoms with van der Waals surface area (Å²) in [6.07, 6.45) is 1.57. The predicted molar refractivity (Wildman–Crippen MR) is 123 cm³/mol. The van der Waals surface area contributed by atoms with Gasteiger partial charge in [0.1, 0.15) is 5.75 Å². The molecular formula is C23H29N3O3S. The topological polar surface area (TPSA) is 79.8 Å². The Morgan fingerprint density at radius 3 is 2.33 bits per heavy atom. The van der Waals surface area contributed by atoms with Gasteiger partial charge in [-0.05, 0) is 63.1 Å². The van der Waals surface area contributed by atoms with Gasteiger partial charge in [-0.25, -0.2) is 5.43 Å². The van der Waals surface area contributed by atoms with E-state index in [0.717, 1.165) is 11.3 Å². The fourth-order valence-corrected chi connectivity index (χ4v) is 3.19. The van der Waals surface area contributed by atoms with Gasteiger partial charge in [0, 0.05) is 11.3 Å². The Hall–Kier alpha value is -2.80. The Balaban J connectivity index is 1.68.